The van der Waals surface area contributed by atoms with Gasteiger partial charge in [0.2, 0.25) is 0 Å². The number of nitrogens with zero attached hydrogens (tertiary/aromatic N) is 1. The van der Waals surface area contributed by atoms with Gasteiger partial charge in [-0.15, -0.1) is 0 Å². The minimum absolute atomic E-state index is 0.0855. The van der Waals surface area contributed by atoms with Gasteiger partial charge in [0.1, 0.15) is 11.5 Å². The topological polar surface area (TPSA) is 78.7 Å². The minimum atomic E-state index is -0.646. The molecule has 0 aliphatic carbocycles. The Hall–Kier alpha value is -2.12. The van der Waals surface area contributed by atoms with Gasteiger partial charge in [0.25, 0.3) is 5.69 Å². The van der Waals surface area contributed by atoms with Crippen LogP contribution in [0.4, 0.5) is 5.69 Å². The summed E-state index contributed by atoms with van der Waals surface area (Å²) in [5.74, 6) is -0.0977. The van der Waals surface area contributed by atoms with E-state index >= 15 is 0 Å². The fourth-order valence-electron chi connectivity index (χ4n) is 1.53. The number of ether oxygens (including phenoxy) is 2. The zero-order valence-electron chi connectivity index (χ0n) is 11.0. The average Bonchev–Trinajstić information content (AvgIpc) is 2.47. The molecule has 0 bridgehead atoms. The highest BCUT2D eigenvalue weighted by atomic mass is 79.9. The molecule has 0 saturated carbocycles. The Kier molecular flexibility index (Phi) is 5.35. The molecule has 0 amide bonds. The van der Waals surface area contributed by atoms with Crippen LogP contribution in [-0.2, 0) is 4.79 Å². The molecule has 0 radical (unpaired) electrons. The summed E-state index contributed by atoms with van der Waals surface area (Å²) in [7, 11) is 0. The molecule has 0 N–H and O–H groups in total. The van der Waals surface area contributed by atoms with Gasteiger partial charge in [-0.3, -0.25) is 10.1 Å². The van der Waals surface area contributed by atoms with Crippen LogP contribution in [0.1, 0.15) is 0 Å². The van der Waals surface area contributed by atoms with Crippen LogP contribution in [0, 0.1) is 10.1 Å². The second-order valence-electron chi connectivity index (χ2n) is 4.09. The number of non-ortho nitro benzene ring substituents is 1. The third-order valence-corrected chi connectivity index (χ3v) is 3.31. The van der Waals surface area contributed by atoms with Gasteiger partial charge >= 0.3 is 5.97 Å². The molecule has 0 unspecified atom stereocenters. The van der Waals surface area contributed by atoms with Crippen LogP contribution in [0.25, 0.3) is 0 Å². The number of carbonyl (C=O) groups excluding carboxylic acids is 1. The Morgan fingerprint density at radius 1 is 1.23 bits per heavy atom. The van der Waals surface area contributed by atoms with Crippen molar-refractivity contribution in [3.63, 3.8) is 0 Å². The minimum Gasteiger partial charge on any atom is -0.480 e. The van der Waals surface area contributed by atoms with E-state index in [1.54, 1.807) is 18.2 Å². The van der Waals surface area contributed by atoms with E-state index in [0.29, 0.717) is 10.8 Å². The molecular weight excluding hydrogens is 378 g/mol. The molecule has 0 aliphatic rings. The second-order valence-corrected chi connectivity index (χ2v) is 5.41. The number of hydrogen-bond acceptors (Lipinski definition) is 5. The van der Waals surface area contributed by atoms with Gasteiger partial charge in [-0.05, 0) is 30.3 Å². The molecule has 0 fully saturated rings. The molecule has 0 heterocycles. The molecule has 0 atom stereocenters. The zero-order valence-corrected chi connectivity index (χ0v) is 13.3. The highest BCUT2D eigenvalue weighted by Crippen LogP contribution is 2.27. The highest BCUT2D eigenvalue weighted by Gasteiger charge is 2.10. The van der Waals surface area contributed by atoms with Crippen LogP contribution >= 0.6 is 27.5 Å². The molecule has 0 aliphatic heterocycles. The van der Waals surface area contributed by atoms with Gasteiger partial charge in [-0.2, -0.15) is 0 Å². The predicted octanol–water partition coefficient (Wildman–Crippen LogP) is 4.00. The summed E-state index contributed by atoms with van der Waals surface area (Å²) in [4.78, 5) is 21.6. The number of nitro benzene ring substituents is 1. The van der Waals surface area contributed by atoms with Gasteiger partial charge in [0.15, 0.2) is 6.61 Å². The van der Waals surface area contributed by atoms with Gasteiger partial charge in [0, 0.05) is 16.6 Å². The molecule has 0 saturated heterocycles. The summed E-state index contributed by atoms with van der Waals surface area (Å²) in [5.41, 5.74) is -0.0855. The molecule has 0 aromatic heterocycles. The fraction of sp³-hybridized carbons (Fsp3) is 0.0714. The van der Waals surface area contributed by atoms with E-state index in [1.165, 1.54) is 24.3 Å². The lowest BCUT2D eigenvalue weighted by atomic mass is 10.3. The Labute approximate surface area is 138 Å². The monoisotopic (exact) mass is 385 g/mol. The van der Waals surface area contributed by atoms with Crippen molar-refractivity contribution in [3.8, 4) is 11.5 Å². The second kappa shape index (κ2) is 7.24. The van der Waals surface area contributed by atoms with Crippen molar-refractivity contribution >= 4 is 39.2 Å². The van der Waals surface area contributed by atoms with Crippen molar-refractivity contribution in [1.29, 1.82) is 0 Å². The zero-order chi connectivity index (χ0) is 16.1. The van der Waals surface area contributed by atoms with E-state index in [0.717, 1.165) is 4.47 Å². The van der Waals surface area contributed by atoms with E-state index < -0.39 is 10.9 Å². The molecule has 0 spiro atoms. The Morgan fingerprint density at radius 3 is 2.50 bits per heavy atom. The first-order valence-corrected chi connectivity index (χ1v) is 7.16. The van der Waals surface area contributed by atoms with E-state index in [4.69, 9.17) is 21.1 Å². The molecular formula is C14H9BrClNO5. The molecule has 2 rings (SSSR count). The molecule has 22 heavy (non-hydrogen) atoms. The van der Waals surface area contributed by atoms with Gasteiger partial charge in [0.05, 0.1) is 9.95 Å². The van der Waals surface area contributed by atoms with Crippen LogP contribution in [0.2, 0.25) is 5.02 Å². The maximum Gasteiger partial charge on any atom is 0.349 e. The maximum absolute atomic E-state index is 11.6. The number of rotatable bonds is 5. The van der Waals surface area contributed by atoms with Crippen LogP contribution < -0.4 is 9.47 Å². The van der Waals surface area contributed by atoms with Crippen LogP contribution in [0.15, 0.2) is 46.9 Å². The molecule has 2 aromatic rings. The van der Waals surface area contributed by atoms with E-state index in [9.17, 15) is 14.9 Å². The number of esters is 1. The third-order valence-electron chi connectivity index (χ3n) is 2.52. The first-order valence-electron chi connectivity index (χ1n) is 5.98. The summed E-state index contributed by atoms with van der Waals surface area (Å²) in [6.07, 6.45) is 0. The van der Waals surface area contributed by atoms with E-state index in [1.807, 2.05) is 0 Å². The van der Waals surface area contributed by atoms with Gasteiger partial charge in [-0.1, -0.05) is 27.5 Å². The molecule has 2 aromatic carbocycles. The normalized spacial score (nSPS) is 10.1. The molecule has 6 nitrogen and oxygen atoms in total. The maximum atomic E-state index is 11.6. The summed E-state index contributed by atoms with van der Waals surface area (Å²) in [6, 6.07) is 10.1. The predicted molar refractivity (Wildman–Crippen MR) is 83.4 cm³/mol. The van der Waals surface area contributed by atoms with Crippen molar-refractivity contribution in [2.75, 3.05) is 6.61 Å². The van der Waals surface area contributed by atoms with Gasteiger partial charge in [-0.25, -0.2) is 4.79 Å². The molecule has 8 heteroatoms. The Balaban J connectivity index is 1.91. The van der Waals surface area contributed by atoms with Crippen molar-refractivity contribution in [2.24, 2.45) is 0 Å². The Bertz CT molecular complexity index is 705. The fourth-order valence-corrected chi connectivity index (χ4v) is 2.25. The largest absolute Gasteiger partial charge is 0.480 e. The lowest BCUT2D eigenvalue weighted by Crippen LogP contribution is -2.17. The summed E-state index contributed by atoms with van der Waals surface area (Å²) >= 11 is 9.21. The van der Waals surface area contributed by atoms with Crippen LogP contribution in [0.3, 0.4) is 0 Å². The Morgan fingerprint density at radius 2 is 1.91 bits per heavy atom. The summed E-state index contributed by atoms with van der Waals surface area (Å²) in [6.45, 7) is -0.335. The first kappa shape index (κ1) is 16.3. The lowest BCUT2D eigenvalue weighted by Gasteiger charge is -2.08. The molecule has 114 valence electrons. The smallest absolute Gasteiger partial charge is 0.349 e. The van der Waals surface area contributed by atoms with Crippen molar-refractivity contribution < 1.29 is 19.2 Å². The number of halogens is 2. The van der Waals surface area contributed by atoms with E-state index in [2.05, 4.69) is 15.9 Å². The summed E-state index contributed by atoms with van der Waals surface area (Å²) < 4.78 is 11.0. The average molecular weight is 387 g/mol. The number of carbonyl (C=O) groups is 1. The van der Waals surface area contributed by atoms with Crippen molar-refractivity contribution in [2.45, 2.75) is 0 Å². The lowest BCUT2D eigenvalue weighted by molar-refractivity contribution is -0.384. The van der Waals surface area contributed by atoms with Crippen LogP contribution in [0.5, 0.6) is 11.5 Å². The number of hydrogen-bond donors (Lipinski definition) is 0. The highest BCUT2D eigenvalue weighted by molar-refractivity contribution is 9.10. The standard InChI is InChI=1S/C14H9BrClNO5/c15-9-1-6-13(12(16)7-9)21-8-14(18)22-11-4-2-10(3-5-11)17(19)20/h1-7H,8H2. The number of benzene rings is 2. The van der Waals surface area contributed by atoms with Crippen molar-refractivity contribution in [3.05, 3.63) is 62.1 Å². The quantitative estimate of drug-likeness (QED) is 0.336. The van der Waals surface area contributed by atoms with Crippen LogP contribution in [-0.4, -0.2) is 17.5 Å². The number of nitro groups is 1. The SMILES string of the molecule is O=C(COc1ccc(Br)cc1Cl)Oc1ccc([N+](=O)[O-])cc1. The first-order chi connectivity index (χ1) is 10.5. The van der Waals surface area contributed by atoms with Gasteiger partial charge < -0.3 is 9.47 Å². The third kappa shape index (κ3) is 4.44. The van der Waals surface area contributed by atoms with E-state index in [-0.39, 0.29) is 18.0 Å². The summed E-state index contributed by atoms with van der Waals surface area (Å²) in [5, 5.41) is 10.9. The van der Waals surface area contributed by atoms with Crippen molar-refractivity contribution in [1.82, 2.24) is 0 Å².